The first-order chi connectivity index (χ1) is 11.3. The van der Waals surface area contributed by atoms with Crippen LogP contribution in [0.4, 0.5) is 0 Å². The van der Waals surface area contributed by atoms with E-state index in [2.05, 4.69) is 59.5 Å². The fraction of sp³-hybridized carbons (Fsp3) is 0.333. The summed E-state index contributed by atoms with van der Waals surface area (Å²) in [6.45, 7) is 2.99. The van der Waals surface area contributed by atoms with Crippen LogP contribution in [-0.4, -0.2) is 29.6 Å². The van der Waals surface area contributed by atoms with E-state index < -0.39 is 6.10 Å². The molecule has 0 bridgehead atoms. The fourth-order valence-corrected chi connectivity index (χ4v) is 3.73. The molecule has 1 fully saturated rings. The molecule has 1 saturated heterocycles. The predicted molar refractivity (Wildman–Crippen MR) is 96.7 cm³/mol. The van der Waals surface area contributed by atoms with Gasteiger partial charge in [0.1, 0.15) is 0 Å². The van der Waals surface area contributed by atoms with Gasteiger partial charge >= 0.3 is 0 Å². The number of hydrogen-bond donors (Lipinski definition) is 1. The van der Waals surface area contributed by atoms with Crippen LogP contribution in [0, 0.1) is 0 Å². The molecule has 1 N–H and O–H groups in total. The number of benzene rings is 3. The normalized spacial score (nSPS) is 17.6. The van der Waals surface area contributed by atoms with Gasteiger partial charge in [-0.15, -0.1) is 0 Å². The van der Waals surface area contributed by atoms with Crippen LogP contribution in [0.2, 0.25) is 0 Å². The number of fused-ring (bicyclic) bond motifs is 3. The summed E-state index contributed by atoms with van der Waals surface area (Å²) in [7, 11) is 0. The van der Waals surface area contributed by atoms with Crippen molar-refractivity contribution in [2.24, 2.45) is 0 Å². The molecule has 0 amide bonds. The first-order valence-corrected chi connectivity index (χ1v) is 8.63. The standard InChI is InChI=1S/C21H23NO/c23-21(15-22-12-4-1-5-13-22)18-10-11-20-17(14-18)9-8-16-6-2-3-7-19(16)20/h2-3,6-11,14,21,23H,1,4-5,12-13,15H2/t21-/m1/s1. The number of piperidine rings is 1. The SMILES string of the molecule is O[C@H](CN1CCCCC1)c1ccc2c(ccc3ccccc32)c1. The summed E-state index contributed by atoms with van der Waals surface area (Å²) in [4.78, 5) is 2.39. The van der Waals surface area contributed by atoms with E-state index in [1.807, 2.05) is 0 Å². The molecule has 0 spiro atoms. The second kappa shape index (κ2) is 6.31. The molecule has 2 heteroatoms. The van der Waals surface area contributed by atoms with E-state index in [1.54, 1.807) is 0 Å². The fourth-order valence-electron chi connectivity index (χ4n) is 3.73. The first-order valence-electron chi connectivity index (χ1n) is 8.63. The third-order valence-electron chi connectivity index (χ3n) is 5.03. The highest BCUT2D eigenvalue weighted by molar-refractivity contribution is 6.07. The molecule has 1 aliphatic rings. The van der Waals surface area contributed by atoms with Crippen LogP contribution < -0.4 is 0 Å². The molecule has 1 aliphatic heterocycles. The van der Waals surface area contributed by atoms with Crippen molar-refractivity contribution in [3.63, 3.8) is 0 Å². The first kappa shape index (κ1) is 14.7. The summed E-state index contributed by atoms with van der Waals surface area (Å²) < 4.78 is 0. The van der Waals surface area contributed by atoms with Crippen LogP contribution in [0.5, 0.6) is 0 Å². The Morgan fingerprint density at radius 2 is 1.57 bits per heavy atom. The van der Waals surface area contributed by atoms with E-state index in [9.17, 15) is 5.11 Å². The maximum absolute atomic E-state index is 10.6. The minimum Gasteiger partial charge on any atom is -0.387 e. The number of nitrogens with zero attached hydrogens (tertiary/aromatic N) is 1. The summed E-state index contributed by atoms with van der Waals surface area (Å²) >= 11 is 0. The van der Waals surface area contributed by atoms with Gasteiger partial charge in [0.05, 0.1) is 6.10 Å². The Morgan fingerprint density at radius 3 is 2.43 bits per heavy atom. The minimum atomic E-state index is -0.399. The van der Waals surface area contributed by atoms with Crippen molar-refractivity contribution >= 4 is 21.5 Å². The summed E-state index contributed by atoms with van der Waals surface area (Å²) in [5.74, 6) is 0. The molecule has 0 aromatic heterocycles. The Kier molecular flexibility index (Phi) is 4.02. The monoisotopic (exact) mass is 305 g/mol. The zero-order valence-corrected chi connectivity index (χ0v) is 13.4. The Morgan fingerprint density at radius 1 is 0.826 bits per heavy atom. The number of likely N-dealkylation sites (tertiary alicyclic amines) is 1. The van der Waals surface area contributed by atoms with Crippen molar-refractivity contribution in [1.82, 2.24) is 4.90 Å². The molecule has 4 rings (SSSR count). The van der Waals surface area contributed by atoms with E-state index in [0.29, 0.717) is 0 Å². The number of hydrogen-bond acceptors (Lipinski definition) is 2. The summed E-state index contributed by atoms with van der Waals surface area (Å²) in [6, 6.07) is 19.2. The highest BCUT2D eigenvalue weighted by Gasteiger charge is 2.16. The maximum Gasteiger partial charge on any atom is 0.0917 e. The number of aliphatic hydroxyl groups is 1. The molecule has 3 aromatic rings. The number of rotatable bonds is 3. The third kappa shape index (κ3) is 2.97. The van der Waals surface area contributed by atoms with Gasteiger partial charge in [0.15, 0.2) is 0 Å². The van der Waals surface area contributed by atoms with Crippen LogP contribution in [0.25, 0.3) is 21.5 Å². The van der Waals surface area contributed by atoms with Crippen LogP contribution in [0.1, 0.15) is 30.9 Å². The third-order valence-corrected chi connectivity index (χ3v) is 5.03. The molecule has 0 saturated carbocycles. The van der Waals surface area contributed by atoms with Gasteiger partial charge in [0, 0.05) is 6.54 Å². The second-order valence-corrected chi connectivity index (χ2v) is 6.64. The van der Waals surface area contributed by atoms with Gasteiger partial charge in [-0.1, -0.05) is 55.0 Å². The summed E-state index contributed by atoms with van der Waals surface area (Å²) in [6.07, 6.45) is 3.45. The van der Waals surface area contributed by atoms with Crippen LogP contribution in [-0.2, 0) is 0 Å². The Balaban J connectivity index is 1.64. The van der Waals surface area contributed by atoms with Crippen LogP contribution in [0.3, 0.4) is 0 Å². The van der Waals surface area contributed by atoms with Gasteiger partial charge in [0.25, 0.3) is 0 Å². The average molecular weight is 305 g/mol. The quantitative estimate of drug-likeness (QED) is 0.720. The van der Waals surface area contributed by atoms with Gasteiger partial charge in [-0.2, -0.15) is 0 Å². The number of aliphatic hydroxyl groups excluding tert-OH is 1. The van der Waals surface area contributed by atoms with Crippen molar-refractivity contribution in [2.45, 2.75) is 25.4 Å². The molecule has 0 radical (unpaired) electrons. The molecule has 1 heterocycles. The van der Waals surface area contributed by atoms with Gasteiger partial charge in [0.2, 0.25) is 0 Å². The topological polar surface area (TPSA) is 23.5 Å². The lowest BCUT2D eigenvalue weighted by Gasteiger charge is -2.28. The van der Waals surface area contributed by atoms with E-state index >= 15 is 0 Å². The lowest BCUT2D eigenvalue weighted by atomic mass is 9.98. The zero-order valence-electron chi connectivity index (χ0n) is 13.4. The highest BCUT2D eigenvalue weighted by atomic mass is 16.3. The Labute approximate surface area is 137 Å². The average Bonchev–Trinajstić information content (AvgIpc) is 2.62. The zero-order chi connectivity index (χ0) is 15.6. The second-order valence-electron chi connectivity index (χ2n) is 6.64. The van der Waals surface area contributed by atoms with Crippen molar-refractivity contribution in [2.75, 3.05) is 19.6 Å². The summed E-state index contributed by atoms with van der Waals surface area (Å²) in [5, 5.41) is 15.6. The lowest BCUT2D eigenvalue weighted by molar-refractivity contribution is 0.102. The summed E-state index contributed by atoms with van der Waals surface area (Å²) in [5.41, 5.74) is 1.03. The molecule has 3 aromatic carbocycles. The molecule has 2 nitrogen and oxygen atoms in total. The van der Waals surface area contributed by atoms with Crippen molar-refractivity contribution in [1.29, 1.82) is 0 Å². The maximum atomic E-state index is 10.6. The lowest BCUT2D eigenvalue weighted by Crippen LogP contribution is -2.33. The molecule has 0 unspecified atom stereocenters. The predicted octanol–water partition coefficient (Wildman–Crippen LogP) is 4.51. The molecular weight excluding hydrogens is 282 g/mol. The highest BCUT2D eigenvalue weighted by Crippen LogP contribution is 2.28. The molecule has 118 valence electrons. The van der Waals surface area contributed by atoms with Crippen molar-refractivity contribution in [3.05, 3.63) is 60.2 Å². The largest absolute Gasteiger partial charge is 0.387 e. The van der Waals surface area contributed by atoms with Gasteiger partial charge in [-0.3, -0.25) is 0 Å². The van der Waals surface area contributed by atoms with E-state index in [-0.39, 0.29) is 0 Å². The molecular formula is C21H23NO. The van der Waals surface area contributed by atoms with Crippen molar-refractivity contribution in [3.8, 4) is 0 Å². The van der Waals surface area contributed by atoms with Gasteiger partial charge < -0.3 is 10.0 Å². The van der Waals surface area contributed by atoms with E-state index in [0.717, 1.165) is 25.2 Å². The Bertz CT molecular complexity index is 820. The van der Waals surface area contributed by atoms with Crippen LogP contribution >= 0.6 is 0 Å². The van der Waals surface area contributed by atoms with E-state index in [1.165, 1.54) is 40.8 Å². The molecule has 23 heavy (non-hydrogen) atoms. The van der Waals surface area contributed by atoms with Crippen LogP contribution in [0.15, 0.2) is 54.6 Å². The molecule has 1 atom stereocenters. The molecule has 0 aliphatic carbocycles. The Hall–Kier alpha value is -1.90. The van der Waals surface area contributed by atoms with Gasteiger partial charge in [-0.25, -0.2) is 0 Å². The number of β-amino-alcohol motifs (C(OH)–C–C–N with tert-alkyl or cyclic N) is 1. The van der Waals surface area contributed by atoms with Gasteiger partial charge in [-0.05, 0) is 59.1 Å². The van der Waals surface area contributed by atoms with E-state index in [4.69, 9.17) is 0 Å². The van der Waals surface area contributed by atoms with Crippen molar-refractivity contribution < 1.29 is 5.11 Å². The smallest absolute Gasteiger partial charge is 0.0917 e. The minimum absolute atomic E-state index is 0.399.